The van der Waals surface area contributed by atoms with Crippen LogP contribution in [0.15, 0.2) is 0 Å². The van der Waals surface area contributed by atoms with Gasteiger partial charge < -0.3 is 19.9 Å². The topological polar surface area (TPSA) is 67.8 Å². The van der Waals surface area contributed by atoms with E-state index in [1.807, 2.05) is 13.8 Å². The summed E-state index contributed by atoms with van der Waals surface area (Å²) in [6, 6.07) is 0. The van der Waals surface area contributed by atoms with Crippen molar-refractivity contribution >= 4 is 5.97 Å². The maximum absolute atomic E-state index is 11.2. The van der Waals surface area contributed by atoms with Crippen LogP contribution in [0.5, 0.6) is 0 Å². The maximum Gasteiger partial charge on any atom is 0.323 e. The zero-order chi connectivity index (χ0) is 13.8. The van der Waals surface area contributed by atoms with Crippen molar-refractivity contribution in [2.45, 2.75) is 56.8 Å². The SMILES string of the molecule is CNC1(C(=O)O)CCC(OCCC(C)(C)OC)C1. The monoisotopic (exact) mass is 259 g/mol. The van der Waals surface area contributed by atoms with Crippen molar-refractivity contribution in [1.29, 1.82) is 0 Å². The molecule has 0 aromatic heterocycles. The van der Waals surface area contributed by atoms with Gasteiger partial charge in [0.1, 0.15) is 5.54 Å². The number of carboxylic acids is 1. The van der Waals surface area contributed by atoms with Crippen LogP contribution in [0.4, 0.5) is 0 Å². The minimum Gasteiger partial charge on any atom is -0.480 e. The van der Waals surface area contributed by atoms with Crippen LogP contribution in [0, 0.1) is 0 Å². The Kier molecular flexibility index (Phi) is 5.13. The number of rotatable bonds is 7. The van der Waals surface area contributed by atoms with Crippen molar-refractivity contribution < 1.29 is 19.4 Å². The molecule has 0 heterocycles. The Morgan fingerprint density at radius 1 is 1.56 bits per heavy atom. The van der Waals surface area contributed by atoms with Crippen LogP contribution < -0.4 is 5.32 Å². The fourth-order valence-corrected chi connectivity index (χ4v) is 2.24. The molecule has 1 saturated carbocycles. The molecular formula is C13H25NO4. The number of ether oxygens (including phenoxy) is 2. The zero-order valence-corrected chi connectivity index (χ0v) is 11.8. The summed E-state index contributed by atoms with van der Waals surface area (Å²) < 4.78 is 11.1. The minimum absolute atomic E-state index is 0.0289. The van der Waals surface area contributed by atoms with E-state index in [0.29, 0.717) is 19.4 Å². The summed E-state index contributed by atoms with van der Waals surface area (Å²) in [5, 5.41) is 12.2. The molecule has 5 nitrogen and oxygen atoms in total. The molecule has 0 aromatic rings. The minimum atomic E-state index is -0.804. The Hall–Kier alpha value is -0.650. The van der Waals surface area contributed by atoms with Gasteiger partial charge in [0.25, 0.3) is 0 Å². The van der Waals surface area contributed by atoms with E-state index >= 15 is 0 Å². The molecule has 2 unspecified atom stereocenters. The molecule has 0 aromatic carbocycles. The quantitative estimate of drug-likeness (QED) is 0.723. The van der Waals surface area contributed by atoms with Gasteiger partial charge in [-0.05, 0) is 40.2 Å². The highest BCUT2D eigenvalue weighted by Crippen LogP contribution is 2.32. The van der Waals surface area contributed by atoms with Crippen molar-refractivity contribution in [3.8, 4) is 0 Å². The summed E-state index contributed by atoms with van der Waals surface area (Å²) in [6.07, 6.45) is 2.78. The predicted molar refractivity (Wildman–Crippen MR) is 68.7 cm³/mol. The molecule has 18 heavy (non-hydrogen) atoms. The van der Waals surface area contributed by atoms with Gasteiger partial charge in [-0.15, -0.1) is 0 Å². The van der Waals surface area contributed by atoms with Gasteiger partial charge in [0.2, 0.25) is 0 Å². The molecule has 1 aliphatic carbocycles. The Morgan fingerprint density at radius 2 is 2.22 bits per heavy atom. The predicted octanol–water partition coefficient (Wildman–Crippen LogP) is 1.41. The van der Waals surface area contributed by atoms with Crippen molar-refractivity contribution in [2.24, 2.45) is 0 Å². The number of nitrogens with one attached hydrogen (secondary N) is 1. The van der Waals surface area contributed by atoms with Crippen molar-refractivity contribution in [1.82, 2.24) is 5.32 Å². The first kappa shape index (κ1) is 15.4. The summed E-state index contributed by atoms with van der Waals surface area (Å²) >= 11 is 0. The number of hydrogen-bond donors (Lipinski definition) is 2. The molecule has 0 aliphatic heterocycles. The van der Waals surface area contributed by atoms with Crippen LogP contribution in [-0.4, -0.2) is 49.1 Å². The number of carboxylic acid groups (broad SMARTS) is 1. The molecule has 2 N–H and O–H groups in total. The van der Waals surface area contributed by atoms with E-state index in [1.54, 1.807) is 14.2 Å². The first-order valence-corrected chi connectivity index (χ1v) is 6.44. The van der Waals surface area contributed by atoms with Gasteiger partial charge in [0, 0.05) is 20.1 Å². The summed E-state index contributed by atoms with van der Waals surface area (Å²) in [6.45, 7) is 4.63. The molecule has 0 bridgehead atoms. The number of hydrogen-bond acceptors (Lipinski definition) is 4. The summed E-state index contributed by atoms with van der Waals surface area (Å²) in [7, 11) is 3.39. The molecule has 1 rings (SSSR count). The number of aliphatic carboxylic acids is 1. The normalized spacial score (nSPS) is 28.6. The first-order valence-electron chi connectivity index (χ1n) is 6.44. The van der Waals surface area contributed by atoms with Crippen LogP contribution in [-0.2, 0) is 14.3 Å². The summed E-state index contributed by atoms with van der Waals surface area (Å²) in [4.78, 5) is 11.2. The number of carbonyl (C=O) groups is 1. The van der Waals surface area contributed by atoms with E-state index in [9.17, 15) is 9.90 Å². The first-order chi connectivity index (χ1) is 8.35. The lowest BCUT2D eigenvalue weighted by atomic mass is 9.98. The third kappa shape index (κ3) is 3.67. The molecule has 1 aliphatic rings. The van der Waals surface area contributed by atoms with Gasteiger partial charge >= 0.3 is 5.97 Å². The smallest absolute Gasteiger partial charge is 0.323 e. The second-order valence-corrected chi connectivity index (χ2v) is 5.59. The second-order valence-electron chi connectivity index (χ2n) is 5.59. The molecule has 0 spiro atoms. The average molecular weight is 259 g/mol. The van der Waals surface area contributed by atoms with Gasteiger partial charge in [0.05, 0.1) is 11.7 Å². The van der Waals surface area contributed by atoms with Crippen molar-refractivity contribution in [2.75, 3.05) is 20.8 Å². The third-order valence-electron chi connectivity index (χ3n) is 3.97. The van der Waals surface area contributed by atoms with E-state index < -0.39 is 11.5 Å². The van der Waals surface area contributed by atoms with Gasteiger partial charge in [-0.3, -0.25) is 4.79 Å². The number of methoxy groups -OCH3 is 1. The molecule has 5 heteroatoms. The van der Waals surface area contributed by atoms with E-state index in [0.717, 1.165) is 12.8 Å². The molecule has 0 saturated heterocycles. The lowest BCUT2D eigenvalue weighted by Gasteiger charge is -2.25. The molecule has 106 valence electrons. The fraction of sp³-hybridized carbons (Fsp3) is 0.923. The van der Waals surface area contributed by atoms with E-state index in [1.165, 1.54) is 0 Å². The highest BCUT2D eigenvalue weighted by Gasteiger charge is 2.44. The molecule has 0 amide bonds. The Balaban J connectivity index is 2.37. The maximum atomic E-state index is 11.2. The van der Waals surface area contributed by atoms with Gasteiger partial charge in [-0.2, -0.15) is 0 Å². The van der Waals surface area contributed by atoms with Gasteiger partial charge in [-0.25, -0.2) is 0 Å². The van der Waals surface area contributed by atoms with E-state index in [2.05, 4.69) is 5.32 Å². The van der Waals surface area contributed by atoms with Crippen molar-refractivity contribution in [3.63, 3.8) is 0 Å². The third-order valence-corrected chi connectivity index (χ3v) is 3.97. The van der Waals surface area contributed by atoms with Crippen LogP contribution in [0.25, 0.3) is 0 Å². The zero-order valence-electron chi connectivity index (χ0n) is 11.8. The Labute approximate surface area is 109 Å². The molecule has 1 fully saturated rings. The van der Waals surface area contributed by atoms with Gasteiger partial charge in [0.15, 0.2) is 0 Å². The number of likely N-dealkylation sites (N-methyl/N-ethyl adjacent to an activating group) is 1. The molecule has 2 atom stereocenters. The molecule has 0 radical (unpaired) electrons. The van der Waals surface area contributed by atoms with Gasteiger partial charge in [-0.1, -0.05) is 0 Å². The Morgan fingerprint density at radius 3 is 2.67 bits per heavy atom. The lowest BCUT2D eigenvalue weighted by molar-refractivity contribution is -0.145. The average Bonchev–Trinajstić information content (AvgIpc) is 2.74. The summed E-state index contributed by atoms with van der Waals surface area (Å²) in [5.41, 5.74) is -0.993. The fourth-order valence-electron chi connectivity index (χ4n) is 2.24. The highest BCUT2D eigenvalue weighted by molar-refractivity contribution is 5.79. The van der Waals surface area contributed by atoms with Crippen LogP contribution in [0.2, 0.25) is 0 Å². The van der Waals surface area contributed by atoms with Crippen LogP contribution in [0.1, 0.15) is 39.5 Å². The van der Waals surface area contributed by atoms with E-state index in [-0.39, 0.29) is 11.7 Å². The van der Waals surface area contributed by atoms with Crippen LogP contribution in [0.3, 0.4) is 0 Å². The standard InChI is InChI=1S/C13H25NO4/c1-12(2,17-4)7-8-18-10-5-6-13(9-10,14-3)11(15)16/h10,14H,5-9H2,1-4H3,(H,15,16). The van der Waals surface area contributed by atoms with Crippen molar-refractivity contribution in [3.05, 3.63) is 0 Å². The second kappa shape index (κ2) is 5.99. The molecular weight excluding hydrogens is 234 g/mol. The largest absolute Gasteiger partial charge is 0.480 e. The summed E-state index contributed by atoms with van der Waals surface area (Å²) in [5.74, 6) is -0.784. The van der Waals surface area contributed by atoms with Crippen LogP contribution >= 0.6 is 0 Å². The lowest BCUT2D eigenvalue weighted by Crippen LogP contribution is -2.48. The highest BCUT2D eigenvalue weighted by atomic mass is 16.5. The van der Waals surface area contributed by atoms with E-state index in [4.69, 9.17) is 9.47 Å². The Bertz CT molecular complexity index is 293.